The fourth-order valence-corrected chi connectivity index (χ4v) is 3.50. The fraction of sp³-hybridized carbons (Fsp3) is 0.154. The molecule has 0 radical (unpaired) electrons. The molecule has 2 atom stereocenters. The predicted molar refractivity (Wildman–Crippen MR) is 130 cm³/mol. The Morgan fingerprint density at radius 2 is 1.94 bits per heavy atom. The summed E-state index contributed by atoms with van der Waals surface area (Å²) < 4.78 is 13.0. The topological polar surface area (TPSA) is 95.6 Å². The van der Waals surface area contributed by atoms with Crippen molar-refractivity contribution in [2.45, 2.75) is 25.6 Å². The fourth-order valence-electron chi connectivity index (χ4n) is 3.50. The smallest absolute Gasteiger partial charge is 0.244 e. The maximum absolute atomic E-state index is 13.0. The van der Waals surface area contributed by atoms with Gasteiger partial charge in [-0.15, -0.1) is 0 Å². The van der Waals surface area contributed by atoms with Crippen LogP contribution in [0, 0.1) is 6.92 Å². The van der Waals surface area contributed by atoms with Crippen LogP contribution in [0.25, 0.3) is 28.6 Å². The Balaban J connectivity index is 1.31. The van der Waals surface area contributed by atoms with Crippen LogP contribution in [0.5, 0.6) is 0 Å². The number of carbonyl (C=O) groups is 1. The Morgan fingerprint density at radius 3 is 2.68 bits per heavy atom. The molecule has 1 aliphatic rings. The third kappa shape index (κ3) is 5.01. The van der Waals surface area contributed by atoms with Crippen LogP contribution in [0.1, 0.15) is 17.5 Å². The second-order valence-corrected chi connectivity index (χ2v) is 8.24. The molecule has 0 bridgehead atoms. The maximum Gasteiger partial charge on any atom is 0.244 e. The van der Waals surface area contributed by atoms with E-state index in [1.807, 2.05) is 61.7 Å². The Bertz CT molecular complexity index is 1330. The third-order valence-corrected chi connectivity index (χ3v) is 5.56. The van der Waals surface area contributed by atoms with Crippen LogP contribution >= 0.6 is 0 Å². The second kappa shape index (κ2) is 9.27. The van der Waals surface area contributed by atoms with Crippen molar-refractivity contribution in [2.75, 3.05) is 5.32 Å². The summed E-state index contributed by atoms with van der Waals surface area (Å²) in [6, 6.07) is 15.3. The van der Waals surface area contributed by atoms with Gasteiger partial charge >= 0.3 is 0 Å². The summed E-state index contributed by atoms with van der Waals surface area (Å²) in [6.07, 6.45) is 8.01. The number of nitrogens with one attached hydrogen (secondary N) is 3. The number of H-pyrrole nitrogens is 1. The van der Waals surface area contributed by atoms with Crippen LogP contribution in [0.3, 0.4) is 0 Å². The minimum Gasteiger partial charge on any atom is -0.347 e. The number of rotatable bonds is 7. The highest BCUT2D eigenvalue weighted by Crippen LogP contribution is 2.26. The van der Waals surface area contributed by atoms with E-state index in [-0.39, 0.29) is 11.9 Å². The number of alkyl halides is 1. The van der Waals surface area contributed by atoms with Gasteiger partial charge in [0.2, 0.25) is 5.91 Å². The number of aromatic amines is 1. The molecule has 34 heavy (non-hydrogen) atoms. The van der Waals surface area contributed by atoms with Crippen molar-refractivity contribution in [3.05, 3.63) is 84.3 Å². The zero-order valence-corrected chi connectivity index (χ0v) is 18.5. The molecule has 2 heterocycles. The van der Waals surface area contributed by atoms with Crippen molar-refractivity contribution in [3.63, 3.8) is 0 Å². The highest BCUT2D eigenvalue weighted by Gasteiger charge is 2.38. The molecule has 1 fully saturated rings. The van der Waals surface area contributed by atoms with Crippen molar-refractivity contribution in [1.82, 2.24) is 25.5 Å². The van der Waals surface area contributed by atoms with Gasteiger partial charge in [-0.1, -0.05) is 30.3 Å². The van der Waals surface area contributed by atoms with Gasteiger partial charge in [0.1, 0.15) is 12.0 Å². The Kier molecular flexibility index (Phi) is 5.86. The van der Waals surface area contributed by atoms with Crippen molar-refractivity contribution in [1.29, 1.82) is 0 Å². The van der Waals surface area contributed by atoms with Crippen molar-refractivity contribution in [3.8, 4) is 22.5 Å². The summed E-state index contributed by atoms with van der Waals surface area (Å²) in [5.41, 5.74) is 5.58. The van der Waals surface area contributed by atoms with E-state index < -0.39 is 6.17 Å². The van der Waals surface area contributed by atoms with Gasteiger partial charge in [0.05, 0.1) is 12.2 Å². The number of anilines is 2. The Morgan fingerprint density at radius 1 is 1.12 bits per heavy atom. The average molecular weight is 455 g/mol. The molecule has 0 saturated heterocycles. The SMILES string of the molecule is Cc1cnc(-c2cccc(/C=C/C(=O)NC3CC3F)c2)nc1Nc1ccc(-c2cn[nH]c2)cc1. The maximum atomic E-state index is 13.0. The molecule has 0 aliphatic heterocycles. The molecular formula is C26H23FN6O. The van der Waals surface area contributed by atoms with E-state index in [4.69, 9.17) is 4.98 Å². The van der Waals surface area contributed by atoms with Crippen molar-refractivity contribution < 1.29 is 9.18 Å². The largest absolute Gasteiger partial charge is 0.347 e. The molecule has 1 saturated carbocycles. The highest BCUT2D eigenvalue weighted by molar-refractivity contribution is 5.92. The molecular weight excluding hydrogens is 431 g/mol. The zero-order valence-electron chi connectivity index (χ0n) is 18.5. The van der Waals surface area contributed by atoms with E-state index >= 15 is 0 Å². The summed E-state index contributed by atoms with van der Waals surface area (Å²) >= 11 is 0. The lowest BCUT2D eigenvalue weighted by Gasteiger charge is -2.11. The number of nitrogens with zero attached hydrogens (tertiary/aromatic N) is 3. The molecule has 1 amide bonds. The van der Waals surface area contributed by atoms with Gasteiger partial charge in [-0.2, -0.15) is 5.10 Å². The molecule has 1 aliphatic carbocycles. The summed E-state index contributed by atoms with van der Waals surface area (Å²) in [5, 5.41) is 12.8. The van der Waals surface area contributed by atoms with Crippen LogP contribution in [0.15, 0.2) is 73.2 Å². The number of benzene rings is 2. The Labute approximate surface area is 196 Å². The van der Waals surface area contributed by atoms with E-state index in [1.54, 1.807) is 18.5 Å². The lowest BCUT2D eigenvalue weighted by molar-refractivity contribution is -0.116. The minimum atomic E-state index is -0.920. The first-order valence-electron chi connectivity index (χ1n) is 11.0. The molecule has 7 nitrogen and oxygen atoms in total. The van der Waals surface area contributed by atoms with Gasteiger partial charge in [0, 0.05) is 47.3 Å². The number of aryl methyl sites for hydroxylation is 1. The van der Waals surface area contributed by atoms with Gasteiger partial charge in [-0.3, -0.25) is 9.89 Å². The first-order valence-corrected chi connectivity index (χ1v) is 11.0. The number of amides is 1. The number of halogens is 1. The van der Waals surface area contributed by atoms with Gasteiger partial charge in [0.15, 0.2) is 5.82 Å². The molecule has 3 N–H and O–H groups in total. The molecule has 8 heteroatoms. The quantitative estimate of drug-likeness (QED) is 0.348. The van der Waals surface area contributed by atoms with Crippen molar-refractivity contribution >= 4 is 23.5 Å². The van der Waals surface area contributed by atoms with Crippen LogP contribution in [0.4, 0.5) is 15.9 Å². The normalized spacial score (nSPS) is 17.0. The number of carbonyl (C=O) groups excluding carboxylic acids is 1. The molecule has 2 aromatic carbocycles. The summed E-state index contributed by atoms with van der Waals surface area (Å²) in [5.74, 6) is 0.986. The van der Waals surface area contributed by atoms with E-state index in [9.17, 15) is 9.18 Å². The molecule has 2 aromatic heterocycles. The molecule has 0 spiro atoms. The Hall–Kier alpha value is -4.33. The average Bonchev–Trinajstić information content (AvgIpc) is 3.29. The highest BCUT2D eigenvalue weighted by atomic mass is 19.1. The first kappa shape index (κ1) is 21.5. The van der Waals surface area contributed by atoms with Gasteiger partial charge in [0.25, 0.3) is 0 Å². The standard InChI is InChI=1S/C26H23FN6O/c1-16-13-28-26(19-4-2-3-17(11-19)5-10-24(34)32-23-12-22(23)27)33-25(16)31-21-8-6-18(7-9-21)20-14-29-30-15-20/h2-11,13-15,22-23H,12H2,1H3,(H,29,30)(H,32,34)(H,28,31,33)/b10-5+. The predicted octanol–water partition coefficient (Wildman–Crippen LogP) is 4.83. The monoisotopic (exact) mass is 454 g/mol. The number of hydrogen-bond acceptors (Lipinski definition) is 5. The van der Waals surface area contributed by atoms with Crippen LogP contribution in [-0.4, -0.2) is 38.3 Å². The van der Waals surface area contributed by atoms with E-state index in [1.165, 1.54) is 6.08 Å². The van der Waals surface area contributed by atoms with E-state index in [2.05, 4.69) is 25.8 Å². The van der Waals surface area contributed by atoms with E-state index in [0.717, 1.165) is 33.5 Å². The summed E-state index contributed by atoms with van der Waals surface area (Å²) in [6.45, 7) is 1.95. The van der Waals surface area contributed by atoms with Crippen molar-refractivity contribution in [2.24, 2.45) is 0 Å². The van der Waals surface area contributed by atoms with Crippen LogP contribution in [0.2, 0.25) is 0 Å². The molecule has 170 valence electrons. The zero-order chi connectivity index (χ0) is 23.5. The lowest BCUT2D eigenvalue weighted by Crippen LogP contribution is -2.24. The van der Waals surface area contributed by atoms with Crippen LogP contribution in [-0.2, 0) is 4.79 Å². The third-order valence-electron chi connectivity index (χ3n) is 5.56. The molecule has 2 unspecified atom stereocenters. The summed E-state index contributed by atoms with van der Waals surface area (Å²) in [7, 11) is 0. The second-order valence-electron chi connectivity index (χ2n) is 8.24. The van der Waals surface area contributed by atoms with Gasteiger partial charge in [-0.25, -0.2) is 14.4 Å². The van der Waals surface area contributed by atoms with Gasteiger partial charge < -0.3 is 10.6 Å². The lowest BCUT2D eigenvalue weighted by atomic mass is 10.1. The molecule has 5 rings (SSSR count). The number of aromatic nitrogens is 4. The number of hydrogen-bond donors (Lipinski definition) is 3. The summed E-state index contributed by atoms with van der Waals surface area (Å²) in [4.78, 5) is 21.1. The van der Waals surface area contributed by atoms with Gasteiger partial charge in [-0.05, 0) is 42.3 Å². The minimum absolute atomic E-state index is 0.299. The first-order chi connectivity index (χ1) is 16.5. The molecule has 4 aromatic rings. The van der Waals surface area contributed by atoms with Crippen LogP contribution < -0.4 is 10.6 Å². The van der Waals surface area contributed by atoms with E-state index in [0.29, 0.717) is 18.1 Å².